The first-order valence-corrected chi connectivity index (χ1v) is 15.6. The van der Waals surface area contributed by atoms with Crippen molar-refractivity contribution in [2.45, 2.75) is 113 Å². The lowest BCUT2D eigenvalue weighted by atomic mass is 9.94. The van der Waals surface area contributed by atoms with Crippen molar-refractivity contribution in [2.75, 3.05) is 19.8 Å². The van der Waals surface area contributed by atoms with E-state index in [0.29, 0.717) is 0 Å². The van der Waals surface area contributed by atoms with Crippen molar-refractivity contribution in [3.05, 3.63) is 0 Å². The van der Waals surface area contributed by atoms with Crippen LogP contribution in [0.3, 0.4) is 0 Å². The van der Waals surface area contributed by atoms with Crippen LogP contribution in [0, 0.1) is 0 Å². The number of ether oxygens (including phenoxy) is 5. The summed E-state index contributed by atoms with van der Waals surface area (Å²) in [7, 11) is -5.00. The molecule has 3 aliphatic heterocycles. The Morgan fingerprint density at radius 2 is 1.13 bits per heavy atom. The van der Waals surface area contributed by atoms with Gasteiger partial charge in [-0.2, -0.15) is 8.42 Å². The Morgan fingerprint density at radius 1 is 0.660 bits per heavy atom. The first-order chi connectivity index (χ1) is 21.8. The summed E-state index contributed by atoms with van der Waals surface area (Å²) in [6.07, 6.45) is -20.6. The standard InChI is InChI=1S/C24H41N3O19S/c1-7(29)25-13-19(35)17(33)12(6-42-47(38,39)40)45-23(13)41-5-11-18(34)21(15(22(37)43-11)27-9(3)31)46-24-14(26-8(2)30)20(36)16(32)10(4-28)44-24/h10-24,28,32-37H,4-6H2,1-3H3,(H,25,29)(H,26,30)(H,27,31)(H,38,39,40)/t10-,11-,12-,13-,14-,15-,16-,17-,18+,19-,20-,21-,22-,23?,24?/m1/s1. The predicted octanol–water partition coefficient (Wildman–Crippen LogP) is -7.31. The lowest BCUT2D eigenvalue weighted by molar-refractivity contribution is -0.331. The number of aliphatic hydroxyl groups is 7. The molecule has 3 heterocycles. The molecule has 272 valence electrons. The van der Waals surface area contributed by atoms with Gasteiger partial charge in [-0.1, -0.05) is 0 Å². The number of hydrogen-bond acceptors (Lipinski definition) is 18. The van der Waals surface area contributed by atoms with E-state index in [4.69, 9.17) is 28.2 Å². The van der Waals surface area contributed by atoms with Gasteiger partial charge in [-0.3, -0.25) is 18.9 Å². The molecule has 47 heavy (non-hydrogen) atoms. The van der Waals surface area contributed by atoms with E-state index in [9.17, 15) is 58.5 Å². The second kappa shape index (κ2) is 16.5. The molecule has 0 aromatic heterocycles. The summed E-state index contributed by atoms with van der Waals surface area (Å²) in [6.45, 7) is 0.702. The summed E-state index contributed by atoms with van der Waals surface area (Å²) in [5, 5.41) is 80.7. The highest BCUT2D eigenvalue weighted by atomic mass is 32.3. The van der Waals surface area contributed by atoms with Gasteiger partial charge in [0, 0.05) is 20.8 Å². The average molecular weight is 708 g/mol. The van der Waals surface area contributed by atoms with Crippen LogP contribution in [0.15, 0.2) is 0 Å². The number of aliphatic hydroxyl groups excluding tert-OH is 7. The SMILES string of the molecule is CC(=O)N[C@@H]1[C@@H](OC2O[C@H](CO)[C@@H](O)[C@H](O)[C@H]2NC(C)=O)[C@@H](O)[C@@H](COC2O[C@H](COS(=O)(=O)O)[C@@H](O)[C@H](O)[C@H]2NC(C)=O)O[C@H]1O. The molecule has 15 atom stereocenters. The number of carbonyl (C=O) groups excluding carboxylic acids is 3. The summed E-state index contributed by atoms with van der Waals surface area (Å²) in [5.74, 6) is -2.11. The van der Waals surface area contributed by atoms with Gasteiger partial charge in [0.15, 0.2) is 18.9 Å². The quantitative estimate of drug-likeness (QED) is 0.0839. The lowest BCUT2D eigenvalue weighted by Crippen LogP contribution is -2.69. The molecule has 0 spiro atoms. The van der Waals surface area contributed by atoms with Crippen LogP contribution in [0.25, 0.3) is 0 Å². The molecule has 0 aliphatic carbocycles. The Hall–Kier alpha value is -2.20. The minimum atomic E-state index is -5.00. The summed E-state index contributed by atoms with van der Waals surface area (Å²) in [5.41, 5.74) is 0. The van der Waals surface area contributed by atoms with Crippen molar-refractivity contribution in [1.29, 1.82) is 0 Å². The van der Waals surface area contributed by atoms with Crippen LogP contribution < -0.4 is 16.0 Å². The Morgan fingerprint density at radius 3 is 1.64 bits per heavy atom. The van der Waals surface area contributed by atoms with Gasteiger partial charge in [-0.15, -0.1) is 0 Å². The van der Waals surface area contributed by atoms with Crippen molar-refractivity contribution in [3.63, 3.8) is 0 Å². The van der Waals surface area contributed by atoms with Crippen molar-refractivity contribution < 1.29 is 91.0 Å². The molecule has 0 radical (unpaired) electrons. The number of hydrogen-bond donors (Lipinski definition) is 11. The van der Waals surface area contributed by atoms with Crippen LogP contribution in [0.5, 0.6) is 0 Å². The van der Waals surface area contributed by atoms with Gasteiger partial charge in [-0.25, -0.2) is 4.18 Å². The van der Waals surface area contributed by atoms with Crippen LogP contribution in [-0.2, 0) is 52.7 Å². The molecule has 3 amide bonds. The highest BCUT2D eigenvalue weighted by molar-refractivity contribution is 7.80. The predicted molar refractivity (Wildman–Crippen MR) is 146 cm³/mol. The zero-order valence-corrected chi connectivity index (χ0v) is 26.1. The van der Waals surface area contributed by atoms with Crippen LogP contribution in [0.4, 0.5) is 0 Å². The number of amides is 3. The molecule has 0 aromatic rings. The third kappa shape index (κ3) is 10.2. The summed E-state index contributed by atoms with van der Waals surface area (Å²) in [6, 6.07) is -4.49. The van der Waals surface area contributed by atoms with Gasteiger partial charge in [-0.05, 0) is 0 Å². The third-order valence-corrected chi connectivity index (χ3v) is 7.92. The van der Waals surface area contributed by atoms with Gasteiger partial charge >= 0.3 is 10.4 Å². The average Bonchev–Trinajstić information content (AvgIpc) is 2.96. The minimum absolute atomic E-state index is 0.688. The van der Waals surface area contributed by atoms with E-state index >= 15 is 0 Å². The highest BCUT2D eigenvalue weighted by Crippen LogP contribution is 2.30. The third-order valence-electron chi connectivity index (χ3n) is 7.48. The molecule has 2 unspecified atom stereocenters. The Bertz CT molecular complexity index is 1200. The lowest BCUT2D eigenvalue weighted by Gasteiger charge is -2.48. The van der Waals surface area contributed by atoms with Crippen LogP contribution in [0.1, 0.15) is 20.8 Å². The molecule has 3 rings (SSSR count). The molecular weight excluding hydrogens is 666 g/mol. The zero-order valence-electron chi connectivity index (χ0n) is 25.3. The fourth-order valence-corrected chi connectivity index (χ4v) is 5.61. The van der Waals surface area contributed by atoms with E-state index in [2.05, 4.69) is 20.1 Å². The molecule has 11 N–H and O–H groups in total. The van der Waals surface area contributed by atoms with E-state index in [-0.39, 0.29) is 0 Å². The second-order valence-electron chi connectivity index (χ2n) is 11.1. The van der Waals surface area contributed by atoms with Gasteiger partial charge in [0.05, 0.1) is 19.8 Å². The van der Waals surface area contributed by atoms with Crippen LogP contribution >= 0.6 is 0 Å². The van der Waals surface area contributed by atoms with Gasteiger partial charge in [0.1, 0.15) is 73.1 Å². The maximum absolute atomic E-state index is 12.0. The Kier molecular flexibility index (Phi) is 13.7. The van der Waals surface area contributed by atoms with E-state index in [1.54, 1.807) is 0 Å². The fourth-order valence-electron chi connectivity index (χ4n) is 5.31. The topological polar surface area (TPSA) is 339 Å². The fraction of sp³-hybridized carbons (Fsp3) is 0.875. The maximum Gasteiger partial charge on any atom is 0.397 e. The highest BCUT2D eigenvalue weighted by Gasteiger charge is 2.52. The van der Waals surface area contributed by atoms with E-state index in [1.807, 2.05) is 0 Å². The molecule has 3 aliphatic rings. The maximum atomic E-state index is 12.0. The van der Waals surface area contributed by atoms with Crippen LogP contribution in [0.2, 0.25) is 0 Å². The molecule has 0 aromatic carbocycles. The van der Waals surface area contributed by atoms with Crippen molar-refractivity contribution >= 4 is 28.1 Å². The largest absolute Gasteiger partial charge is 0.397 e. The summed E-state index contributed by atoms with van der Waals surface area (Å²) < 4.78 is 63.1. The van der Waals surface area contributed by atoms with Crippen molar-refractivity contribution in [3.8, 4) is 0 Å². The second-order valence-corrected chi connectivity index (χ2v) is 12.2. The van der Waals surface area contributed by atoms with Crippen molar-refractivity contribution in [1.82, 2.24) is 16.0 Å². The van der Waals surface area contributed by atoms with E-state index in [0.717, 1.165) is 20.8 Å². The van der Waals surface area contributed by atoms with Crippen molar-refractivity contribution in [2.24, 2.45) is 0 Å². The molecule has 3 saturated heterocycles. The van der Waals surface area contributed by atoms with Gasteiger partial charge < -0.3 is 75.4 Å². The minimum Gasteiger partial charge on any atom is -0.394 e. The Labute approximate surface area is 267 Å². The van der Waals surface area contributed by atoms with E-state index in [1.165, 1.54) is 0 Å². The smallest absolute Gasteiger partial charge is 0.394 e. The first-order valence-electron chi connectivity index (χ1n) is 14.2. The van der Waals surface area contributed by atoms with Gasteiger partial charge in [0.2, 0.25) is 17.7 Å². The summed E-state index contributed by atoms with van der Waals surface area (Å²) in [4.78, 5) is 35.6. The van der Waals surface area contributed by atoms with Crippen LogP contribution in [-0.4, -0.2) is 178 Å². The molecular formula is C24H41N3O19S. The number of carbonyl (C=O) groups is 3. The normalized spacial score (nSPS) is 41.1. The molecule has 3 fully saturated rings. The summed E-state index contributed by atoms with van der Waals surface area (Å²) >= 11 is 0. The zero-order chi connectivity index (χ0) is 35.4. The molecule has 0 bridgehead atoms. The molecule has 0 saturated carbocycles. The van der Waals surface area contributed by atoms with E-state index < -0.39 is 140 Å². The molecule has 23 heteroatoms. The number of rotatable bonds is 12. The number of nitrogens with one attached hydrogen (secondary N) is 3. The first kappa shape index (κ1) is 39.2. The Balaban J connectivity index is 1.85. The molecule has 22 nitrogen and oxygen atoms in total. The van der Waals surface area contributed by atoms with Gasteiger partial charge in [0.25, 0.3) is 0 Å². The monoisotopic (exact) mass is 707 g/mol.